The Bertz CT molecular complexity index is 524. The van der Waals surface area contributed by atoms with Gasteiger partial charge in [0, 0.05) is 47.9 Å². The first-order valence-electron chi connectivity index (χ1n) is 7.34. The van der Waals surface area contributed by atoms with E-state index in [2.05, 4.69) is 56.3 Å². The maximum absolute atomic E-state index is 5.32. The third kappa shape index (κ3) is 4.62. The van der Waals surface area contributed by atoms with Crippen LogP contribution >= 0.6 is 15.9 Å². The van der Waals surface area contributed by atoms with Crippen LogP contribution in [0.25, 0.3) is 10.9 Å². The number of hydrogen-bond donors (Lipinski definition) is 1. The smallest absolute Gasteiger partial charge is 0.0481 e. The lowest BCUT2D eigenvalue weighted by Gasteiger charge is -2.07. The number of aromatic nitrogens is 1. The van der Waals surface area contributed by atoms with Crippen molar-refractivity contribution in [2.75, 3.05) is 26.3 Å². The van der Waals surface area contributed by atoms with Gasteiger partial charge in [0.15, 0.2) is 0 Å². The number of benzene rings is 1. The zero-order valence-corrected chi connectivity index (χ0v) is 13.7. The summed E-state index contributed by atoms with van der Waals surface area (Å²) in [5, 5.41) is 4.78. The van der Waals surface area contributed by atoms with Crippen LogP contribution in [0.15, 0.2) is 34.9 Å². The van der Waals surface area contributed by atoms with E-state index in [1.54, 1.807) is 0 Å². The van der Waals surface area contributed by atoms with Crippen molar-refractivity contribution in [2.24, 2.45) is 0 Å². The van der Waals surface area contributed by atoms with Gasteiger partial charge in [0.2, 0.25) is 0 Å². The average molecular weight is 339 g/mol. The first-order chi connectivity index (χ1) is 9.81. The van der Waals surface area contributed by atoms with Crippen molar-refractivity contribution in [3.05, 3.63) is 34.9 Å². The zero-order chi connectivity index (χ0) is 14.2. The fourth-order valence-electron chi connectivity index (χ4n) is 2.29. The number of hydrogen-bond acceptors (Lipinski definition) is 2. The normalized spacial score (nSPS) is 11.3. The summed E-state index contributed by atoms with van der Waals surface area (Å²) in [5.74, 6) is 0. The van der Waals surface area contributed by atoms with Gasteiger partial charge < -0.3 is 14.6 Å². The largest absolute Gasteiger partial charge is 0.382 e. The Hall–Kier alpha value is -0.840. The van der Waals surface area contributed by atoms with E-state index >= 15 is 0 Å². The predicted octanol–water partition coefficient (Wildman–Crippen LogP) is 3.81. The number of nitrogens with zero attached hydrogens (tertiary/aromatic N) is 1. The Morgan fingerprint density at radius 1 is 1.20 bits per heavy atom. The number of ether oxygens (including phenoxy) is 1. The quantitative estimate of drug-likeness (QED) is 0.703. The van der Waals surface area contributed by atoms with Crippen molar-refractivity contribution >= 4 is 26.8 Å². The molecule has 2 aromatic rings. The monoisotopic (exact) mass is 338 g/mol. The summed E-state index contributed by atoms with van der Waals surface area (Å²) in [6.07, 6.45) is 4.48. The van der Waals surface area contributed by atoms with E-state index in [0.717, 1.165) is 43.7 Å². The molecule has 0 aliphatic heterocycles. The number of fused-ring (bicyclic) bond motifs is 1. The molecule has 0 aliphatic rings. The van der Waals surface area contributed by atoms with Gasteiger partial charge >= 0.3 is 0 Å². The van der Waals surface area contributed by atoms with Crippen molar-refractivity contribution in [3.63, 3.8) is 0 Å². The molecule has 0 atom stereocenters. The van der Waals surface area contributed by atoms with E-state index in [4.69, 9.17) is 4.74 Å². The van der Waals surface area contributed by atoms with Gasteiger partial charge in [-0.05, 0) is 50.6 Å². The SMILES string of the molecule is CCOCCCCNCCn1ccc2cc(Br)ccc21. The van der Waals surface area contributed by atoms with Crippen molar-refractivity contribution in [3.8, 4) is 0 Å². The standard InChI is InChI=1S/C16H23BrN2O/c1-2-20-12-4-3-8-18-9-11-19-10-7-14-13-15(17)5-6-16(14)19/h5-7,10,13,18H,2-4,8-9,11-12H2,1H3. The molecule has 0 spiro atoms. The van der Waals surface area contributed by atoms with E-state index in [1.165, 1.54) is 17.3 Å². The molecular formula is C16H23BrN2O. The summed E-state index contributed by atoms with van der Waals surface area (Å²) in [6, 6.07) is 8.59. The van der Waals surface area contributed by atoms with Crippen LogP contribution in [0.5, 0.6) is 0 Å². The number of nitrogens with one attached hydrogen (secondary N) is 1. The molecule has 1 aromatic heterocycles. The van der Waals surface area contributed by atoms with Gasteiger partial charge in [0.05, 0.1) is 0 Å². The van der Waals surface area contributed by atoms with Crippen LogP contribution in [-0.2, 0) is 11.3 Å². The Morgan fingerprint density at radius 2 is 2.10 bits per heavy atom. The molecule has 4 heteroatoms. The topological polar surface area (TPSA) is 26.2 Å². The Morgan fingerprint density at radius 3 is 2.95 bits per heavy atom. The van der Waals surface area contributed by atoms with E-state index in [1.807, 2.05) is 6.92 Å². The highest BCUT2D eigenvalue weighted by Crippen LogP contribution is 2.20. The highest BCUT2D eigenvalue weighted by molar-refractivity contribution is 9.10. The summed E-state index contributed by atoms with van der Waals surface area (Å²) in [7, 11) is 0. The first kappa shape index (κ1) is 15.5. The lowest BCUT2D eigenvalue weighted by atomic mass is 10.2. The number of halogens is 1. The van der Waals surface area contributed by atoms with Crippen molar-refractivity contribution in [2.45, 2.75) is 26.3 Å². The molecule has 0 bridgehead atoms. The van der Waals surface area contributed by atoms with E-state index < -0.39 is 0 Å². The fraction of sp³-hybridized carbons (Fsp3) is 0.500. The molecule has 1 N–H and O–H groups in total. The zero-order valence-electron chi connectivity index (χ0n) is 12.1. The molecule has 20 heavy (non-hydrogen) atoms. The maximum atomic E-state index is 5.32. The number of unbranched alkanes of at least 4 members (excludes halogenated alkanes) is 1. The molecule has 1 heterocycles. The maximum Gasteiger partial charge on any atom is 0.0481 e. The predicted molar refractivity (Wildman–Crippen MR) is 88.2 cm³/mol. The van der Waals surface area contributed by atoms with Gasteiger partial charge in [0.25, 0.3) is 0 Å². The lowest BCUT2D eigenvalue weighted by molar-refractivity contribution is 0.143. The molecule has 1 aromatic carbocycles. The van der Waals surface area contributed by atoms with Crippen molar-refractivity contribution < 1.29 is 4.74 Å². The molecule has 0 fully saturated rings. The van der Waals surface area contributed by atoms with E-state index in [-0.39, 0.29) is 0 Å². The third-order valence-corrected chi connectivity index (χ3v) is 3.85. The Labute approximate surface area is 129 Å². The Kier molecular flexibility index (Phi) is 6.57. The average Bonchev–Trinajstić information content (AvgIpc) is 2.84. The first-order valence-corrected chi connectivity index (χ1v) is 8.13. The van der Waals surface area contributed by atoms with Crippen LogP contribution in [-0.4, -0.2) is 30.9 Å². The third-order valence-electron chi connectivity index (χ3n) is 3.36. The molecule has 0 aliphatic carbocycles. The Balaban J connectivity index is 1.68. The highest BCUT2D eigenvalue weighted by atomic mass is 79.9. The number of rotatable bonds is 9. The fourth-order valence-corrected chi connectivity index (χ4v) is 2.67. The minimum atomic E-state index is 0.824. The van der Waals surface area contributed by atoms with Crippen LogP contribution in [0.3, 0.4) is 0 Å². The summed E-state index contributed by atoms with van der Waals surface area (Å²) < 4.78 is 8.76. The van der Waals surface area contributed by atoms with Gasteiger partial charge in [0.1, 0.15) is 0 Å². The highest BCUT2D eigenvalue weighted by Gasteiger charge is 2.00. The molecule has 0 unspecified atom stereocenters. The molecule has 0 radical (unpaired) electrons. The van der Waals surface area contributed by atoms with Gasteiger partial charge in [-0.15, -0.1) is 0 Å². The van der Waals surface area contributed by atoms with Crippen LogP contribution in [0.1, 0.15) is 19.8 Å². The molecule has 0 saturated carbocycles. The summed E-state index contributed by atoms with van der Waals surface area (Å²) in [6.45, 7) is 6.83. The molecule has 0 amide bonds. The molecule has 2 rings (SSSR count). The summed E-state index contributed by atoms with van der Waals surface area (Å²) >= 11 is 3.51. The minimum absolute atomic E-state index is 0.824. The second-order valence-corrected chi connectivity index (χ2v) is 5.78. The van der Waals surface area contributed by atoms with Gasteiger partial charge in [-0.3, -0.25) is 0 Å². The van der Waals surface area contributed by atoms with Gasteiger partial charge in [-0.1, -0.05) is 15.9 Å². The molecule has 3 nitrogen and oxygen atoms in total. The van der Waals surface area contributed by atoms with Crippen molar-refractivity contribution in [1.29, 1.82) is 0 Å². The van der Waals surface area contributed by atoms with Gasteiger partial charge in [-0.2, -0.15) is 0 Å². The lowest BCUT2D eigenvalue weighted by Crippen LogP contribution is -2.21. The molecule has 0 saturated heterocycles. The molecule has 110 valence electrons. The van der Waals surface area contributed by atoms with Crippen LogP contribution < -0.4 is 5.32 Å². The summed E-state index contributed by atoms with van der Waals surface area (Å²) in [5.41, 5.74) is 1.30. The van der Waals surface area contributed by atoms with E-state index in [9.17, 15) is 0 Å². The van der Waals surface area contributed by atoms with Crippen LogP contribution in [0, 0.1) is 0 Å². The van der Waals surface area contributed by atoms with E-state index in [0.29, 0.717) is 0 Å². The minimum Gasteiger partial charge on any atom is -0.382 e. The summed E-state index contributed by atoms with van der Waals surface area (Å²) in [4.78, 5) is 0. The second kappa shape index (κ2) is 8.45. The second-order valence-electron chi connectivity index (χ2n) is 4.87. The van der Waals surface area contributed by atoms with Crippen LogP contribution in [0.4, 0.5) is 0 Å². The van der Waals surface area contributed by atoms with Crippen molar-refractivity contribution in [1.82, 2.24) is 9.88 Å². The van der Waals surface area contributed by atoms with Gasteiger partial charge in [-0.25, -0.2) is 0 Å². The van der Waals surface area contributed by atoms with Crippen LogP contribution in [0.2, 0.25) is 0 Å². The molecular weight excluding hydrogens is 316 g/mol.